The summed E-state index contributed by atoms with van der Waals surface area (Å²) in [6.45, 7) is 2.98. The van der Waals surface area contributed by atoms with Gasteiger partial charge in [0.25, 0.3) is 0 Å². The maximum Gasteiger partial charge on any atom is 0.0386 e. The van der Waals surface area contributed by atoms with E-state index in [0.29, 0.717) is 0 Å². The molecule has 0 aliphatic carbocycles. The van der Waals surface area contributed by atoms with Crippen molar-refractivity contribution in [2.45, 2.75) is 13.3 Å². The zero-order valence-electron chi connectivity index (χ0n) is 5.17. The highest BCUT2D eigenvalue weighted by atomic mass is 14.7. The maximum absolute atomic E-state index is 5.04. The number of hydrogen-bond acceptors (Lipinski definition) is 2. The normalized spacial score (nSPS) is 11.6. The number of aliphatic imine (C=N–C) groups is 1. The van der Waals surface area contributed by atoms with Crippen molar-refractivity contribution >= 4 is 6.21 Å². The van der Waals surface area contributed by atoms with Crippen LogP contribution in [0.25, 0.3) is 0 Å². The minimum Gasteiger partial charge on any atom is -0.405 e. The minimum absolute atomic E-state index is 0.893. The molecule has 0 bridgehead atoms. The van der Waals surface area contributed by atoms with Crippen LogP contribution < -0.4 is 5.73 Å². The van der Waals surface area contributed by atoms with E-state index in [0.717, 1.165) is 13.0 Å². The third-order valence-corrected chi connectivity index (χ3v) is 0.655. The largest absolute Gasteiger partial charge is 0.405 e. The first kappa shape index (κ1) is 7.21. The number of rotatable bonds is 3. The van der Waals surface area contributed by atoms with E-state index in [4.69, 9.17) is 5.73 Å². The van der Waals surface area contributed by atoms with E-state index in [-0.39, 0.29) is 0 Å². The lowest BCUT2D eigenvalue weighted by molar-refractivity contribution is 0.937. The quantitative estimate of drug-likeness (QED) is 0.542. The molecule has 0 aliphatic heterocycles. The van der Waals surface area contributed by atoms with Crippen molar-refractivity contribution in [1.29, 1.82) is 0 Å². The van der Waals surface area contributed by atoms with Gasteiger partial charge in [-0.1, -0.05) is 6.92 Å². The number of nitrogens with two attached hydrogens (primary N) is 1. The molecule has 0 saturated carbocycles. The van der Waals surface area contributed by atoms with Crippen molar-refractivity contribution in [3.8, 4) is 0 Å². The van der Waals surface area contributed by atoms with Crippen LogP contribution >= 0.6 is 0 Å². The predicted octanol–water partition coefficient (Wildman–Crippen LogP) is 0.940. The maximum atomic E-state index is 5.04. The molecular weight excluding hydrogens is 100 g/mol. The lowest BCUT2D eigenvalue weighted by atomic mass is 10.5. The molecule has 0 aromatic carbocycles. The Morgan fingerprint density at radius 1 is 1.62 bits per heavy atom. The molecule has 0 radical (unpaired) electrons. The molecule has 0 amide bonds. The summed E-state index contributed by atoms with van der Waals surface area (Å²) in [5.74, 6) is 0. The summed E-state index contributed by atoms with van der Waals surface area (Å²) in [6, 6.07) is 0. The Bertz CT molecular complexity index is 84.5. The van der Waals surface area contributed by atoms with Crippen LogP contribution in [0.2, 0.25) is 0 Å². The Morgan fingerprint density at radius 3 is 2.88 bits per heavy atom. The van der Waals surface area contributed by atoms with Gasteiger partial charge < -0.3 is 5.73 Å². The van der Waals surface area contributed by atoms with Crippen LogP contribution in [-0.2, 0) is 0 Å². The molecule has 0 spiro atoms. The highest BCUT2D eigenvalue weighted by molar-refractivity contribution is 5.70. The summed E-state index contributed by atoms with van der Waals surface area (Å²) >= 11 is 0. The van der Waals surface area contributed by atoms with Gasteiger partial charge in [-0.05, 0) is 18.7 Å². The van der Waals surface area contributed by atoms with Gasteiger partial charge in [0.15, 0.2) is 0 Å². The van der Waals surface area contributed by atoms with Gasteiger partial charge in [0.1, 0.15) is 0 Å². The van der Waals surface area contributed by atoms with Crippen molar-refractivity contribution in [2.75, 3.05) is 6.54 Å². The summed E-state index contributed by atoms with van der Waals surface area (Å²) in [5, 5.41) is 0. The van der Waals surface area contributed by atoms with E-state index < -0.39 is 0 Å². The standard InChI is InChI=1S/C6H12N2/c1-2-5-8-6-3-4-7/h3-4,6H,2,5,7H2,1H3. The van der Waals surface area contributed by atoms with Crippen molar-refractivity contribution in [3.63, 3.8) is 0 Å². The molecule has 2 N–H and O–H groups in total. The zero-order valence-corrected chi connectivity index (χ0v) is 5.17. The average Bonchev–Trinajstić information content (AvgIpc) is 1.81. The summed E-state index contributed by atoms with van der Waals surface area (Å²) < 4.78 is 0. The fourth-order valence-electron chi connectivity index (χ4n) is 0.314. The summed E-state index contributed by atoms with van der Waals surface area (Å²) in [6.07, 6.45) is 5.99. The molecule has 0 saturated heterocycles. The molecule has 2 heteroatoms. The lowest BCUT2D eigenvalue weighted by Gasteiger charge is -1.79. The lowest BCUT2D eigenvalue weighted by Crippen LogP contribution is -1.78. The smallest absolute Gasteiger partial charge is 0.0386 e. The van der Waals surface area contributed by atoms with E-state index >= 15 is 0 Å². The van der Waals surface area contributed by atoms with Gasteiger partial charge in [-0.25, -0.2) is 0 Å². The van der Waals surface area contributed by atoms with Crippen molar-refractivity contribution < 1.29 is 0 Å². The second-order valence-electron chi connectivity index (χ2n) is 1.44. The van der Waals surface area contributed by atoms with Crippen LogP contribution in [0.15, 0.2) is 17.3 Å². The van der Waals surface area contributed by atoms with E-state index in [2.05, 4.69) is 11.9 Å². The minimum atomic E-state index is 0.893. The van der Waals surface area contributed by atoms with Gasteiger partial charge in [-0.3, -0.25) is 4.99 Å². The van der Waals surface area contributed by atoms with Gasteiger partial charge in [-0.2, -0.15) is 0 Å². The summed E-state index contributed by atoms with van der Waals surface area (Å²) in [7, 11) is 0. The number of nitrogens with zero attached hydrogens (tertiary/aromatic N) is 1. The third kappa shape index (κ3) is 5.21. The monoisotopic (exact) mass is 112 g/mol. The van der Waals surface area contributed by atoms with Crippen molar-refractivity contribution in [2.24, 2.45) is 10.7 Å². The zero-order chi connectivity index (χ0) is 6.24. The van der Waals surface area contributed by atoms with Crippen LogP contribution in [0.4, 0.5) is 0 Å². The molecule has 0 fully saturated rings. The first-order valence-electron chi connectivity index (χ1n) is 2.78. The summed E-state index contributed by atoms with van der Waals surface area (Å²) in [4.78, 5) is 3.99. The topological polar surface area (TPSA) is 38.4 Å². The number of allylic oxidation sites excluding steroid dienone is 1. The molecule has 0 atom stereocenters. The molecule has 46 valence electrons. The van der Waals surface area contributed by atoms with Crippen LogP contribution in [0.3, 0.4) is 0 Å². The molecule has 0 aliphatic rings. The molecule has 0 unspecified atom stereocenters. The van der Waals surface area contributed by atoms with E-state index in [1.807, 2.05) is 0 Å². The van der Waals surface area contributed by atoms with E-state index in [1.54, 1.807) is 12.3 Å². The van der Waals surface area contributed by atoms with Gasteiger partial charge in [0, 0.05) is 12.8 Å². The average molecular weight is 112 g/mol. The third-order valence-electron chi connectivity index (χ3n) is 0.655. The molecule has 8 heavy (non-hydrogen) atoms. The van der Waals surface area contributed by atoms with E-state index in [9.17, 15) is 0 Å². The summed E-state index contributed by atoms with van der Waals surface area (Å²) in [5.41, 5.74) is 5.04. The van der Waals surface area contributed by atoms with Crippen LogP contribution in [0.1, 0.15) is 13.3 Å². The predicted molar refractivity (Wildman–Crippen MR) is 37.0 cm³/mol. The van der Waals surface area contributed by atoms with Crippen molar-refractivity contribution in [3.05, 3.63) is 12.3 Å². The highest BCUT2D eigenvalue weighted by Gasteiger charge is 1.67. The Labute approximate surface area is 50.1 Å². The Morgan fingerprint density at radius 2 is 2.38 bits per heavy atom. The Balaban J connectivity index is 3.07. The molecule has 0 aromatic heterocycles. The Kier molecular flexibility index (Phi) is 5.60. The molecule has 2 nitrogen and oxygen atoms in total. The SMILES string of the molecule is CCCN=CC=CN. The Hall–Kier alpha value is -0.790. The molecule has 0 rings (SSSR count). The second kappa shape index (κ2) is 6.21. The van der Waals surface area contributed by atoms with Crippen LogP contribution in [0, 0.1) is 0 Å². The van der Waals surface area contributed by atoms with Crippen molar-refractivity contribution in [1.82, 2.24) is 0 Å². The van der Waals surface area contributed by atoms with Gasteiger partial charge >= 0.3 is 0 Å². The fraction of sp³-hybridized carbons (Fsp3) is 0.500. The molecular formula is C6H12N2. The second-order valence-corrected chi connectivity index (χ2v) is 1.44. The van der Waals surface area contributed by atoms with Crippen LogP contribution in [-0.4, -0.2) is 12.8 Å². The van der Waals surface area contributed by atoms with Gasteiger partial charge in [0.05, 0.1) is 0 Å². The first-order valence-corrected chi connectivity index (χ1v) is 2.78. The molecule has 0 heterocycles. The van der Waals surface area contributed by atoms with Gasteiger partial charge in [-0.15, -0.1) is 0 Å². The highest BCUT2D eigenvalue weighted by Crippen LogP contribution is 1.74. The van der Waals surface area contributed by atoms with Crippen LogP contribution in [0.5, 0.6) is 0 Å². The fourth-order valence-corrected chi connectivity index (χ4v) is 0.314. The van der Waals surface area contributed by atoms with E-state index in [1.165, 1.54) is 6.20 Å². The molecule has 0 aromatic rings. The van der Waals surface area contributed by atoms with Gasteiger partial charge in [0.2, 0.25) is 0 Å². The first-order chi connectivity index (χ1) is 3.91. The number of hydrogen-bond donors (Lipinski definition) is 1.